The van der Waals surface area contributed by atoms with E-state index in [4.69, 9.17) is 4.74 Å². The quantitative estimate of drug-likeness (QED) is 0.0809. The van der Waals surface area contributed by atoms with Crippen LogP contribution in [0, 0.1) is 75.2 Å². The van der Waals surface area contributed by atoms with Crippen LogP contribution in [0.5, 0.6) is 11.6 Å². The number of nitrogens with zero attached hydrogens (tertiary/aromatic N) is 13. The zero-order valence-corrected chi connectivity index (χ0v) is 82.4. The molecule has 4 aliphatic heterocycles. The van der Waals surface area contributed by atoms with Gasteiger partial charge in [-0.1, -0.05) is 93.9 Å². The van der Waals surface area contributed by atoms with E-state index in [0.717, 1.165) is 39.9 Å². The molecule has 123 heavy (non-hydrogen) atoms. The maximum absolute atomic E-state index is 5.41. The predicted octanol–water partition coefficient (Wildman–Crippen LogP) is 18.8. The molecule has 0 aliphatic carbocycles. The molecule has 5 aromatic heterocycles. The largest absolute Gasteiger partial charge is 3.00 e. The number of fused-ring (bicyclic) bond motifs is 2. The Hall–Kier alpha value is -11.1. The number of ether oxygens (including phenoxy) is 1. The summed E-state index contributed by atoms with van der Waals surface area (Å²) in [6.07, 6.45) is 17.2. The van der Waals surface area contributed by atoms with Crippen LogP contribution < -0.4 is 70.5 Å². The predicted molar refractivity (Wildman–Crippen MR) is 498 cm³/mol. The number of pyridine rings is 5. The first-order valence-electron chi connectivity index (χ1n) is 39.2. The molecule has 9 heterocycles. The van der Waals surface area contributed by atoms with Crippen molar-refractivity contribution < 1.29 is 85.2 Å². The van der Waals surface area contributed by atoms with Gasteiger partial charge in [-0.3, -0.25) is 15.0 Å². The van der Waals surface area contributed by atoms with E-state index in [1.54, 1.807) is 18.3 Å². The summed E-state index contributed by atoms with van der Waals surface area (Å²) in [5.74, 6) is 2.22. The Kier molecular flexibility index (Phi) is 39.4. The average Bonchev–Trinajstić information content (AvgIpc) is 1.73. The normalized spacial score (nSPS) is 12.3. The molecule has 0 saturated carbocycles. The molecule has 0 saturated heterocycles. The average molecular weight is 2370 g/mol. The van der Waals surface area contributed by atoms with Gasteiger partial charge in [0.1, 0.15) is 30.0 Å². The molecule has 0 N–H and O–H groups in total. The number of anilines is 9. The molecule has 0 spiro atoms. The van der Waals surface area contributed by atoms with Crippen LogP contribution in [0.2, 0.25) is 39.3 Å². The smallest absolute Gasteiger partial charge is 0.510 e. The number of rotatable bonds is 13. The van der Waals surface area contributed by atoms with Gasteiger partial charge >= 0.3 is 80.4 Å². The molecule has 15 aromatic rings. The first-order chi connectivity index (χ1) is 58.1. The zero-order chi connectivity index (χ0) is 82.9. The summed E-state index contributed by atoms with van der Waals surface area (Å²) in [6, 6.07) is 136. The topological polar surface area (TPSA) is 99.6 Å². The monoisotopic (exact) mass is 2370 g/mol. The molecule has 4 aliphatic rings. The second-order valence-corrected chi connectivity index (χ2v) is 41.8. The number of hydrogen-bond acceptors (Lipinski definition) is 14. The van der Waals surface area contributed by atoms with Crippen LogP contribution in [-0.4, -0.2) is 75.2 Å². The molecule has 21 heteroatoms. The zero-order valence-electron chi connectivity index (χ0n) is 69.8. The van der Waals surface area contributed by atoms with E-state index in [1.165, 1.54) is 42.9 Å². The van der Waals surface area contributed by atoms with Gasteiger partial charge in [-0.15, -0.1) is 41.6 Å². The molecule has 622 valence electrons. The van der Waals surface area contributed by atoms with Crippen molar-refractivity contribution in [2.24, 2.45) is 0 Å². The van der Waals surface area contributed by atoms with Gasteiger partial charge in [0.25, 0.3) is 0 Å². The SMILES string of the molecule is CN1C=CN(c2[c-]cccc2)[CH-]1.CN1[CH-]N(c2[c-]cccc2)c2ccccc21.CN1[CH-]N(c2[c-]cccc2)c2ncccc21.C[Si](C)(c1[c-]cccc1)c1ccccn1.C[Si](C)(c1[c-]cccc1)c1ccccn1.C[Si](C)(c1[c-]cccc1)c1ccccn1.[Ir+3].[Ir+3].[Ir+3].[Ir+3].[c-]1ccccc1N1C=CN(c2ccccc2)[CH-]1.[c-]1ccccc1Oc1ccccn1. The van der Waals surface area contributed by atoms with Crippen LogP contribution in [0.15, 0.2) is 389 Å². The van der Waals surface area contributed by atoms with E-state index in [-0.39, 0.29) is 80.4 Å². The summed E-state index contributed by atoms with van der Waals surface area (Å²) in [6.45, 7) is 22.0. The first kappa shape index (κ1) is 97.3. The maximum atomic E-state index is 5.41. The molecule has 0 bridgehead atoms. The minimum Gasteiger partial charge on any atom is -0.510 e. The summed E-state index contributed by atoms with van der Waals surface area (Å²) in [4.78, 5) is 38.4. The van der Waals surface area contributed by atoms with Crippen molar-refractivity contribution in [3.8, 4) is 11.6 Å². The van der Waals surface area contributed by atoms with Gasteiger partial charge in [-0.25, -0.2) is 9.97 Å². The van der Waals surface area contributed by atoms with E-state index in [9.17, 15) is 0 Å². The molecule has 0 unspecified atom stereocenters. The second-order valence-electron chi connectivity index (χ2n) is 28.9. The van der Waals surface area contributed by atoms with E-state index in [2.05, 4.69) is 267 Å². The van der Waals surface area contributed by atoms with Gasteiger partial charge in [0.05, 0.1) is 0 Å². The van der Waals surface area contributed by atoms with Gasteiger partial charge in [0.15, 0.2) is 0 Å². The third-order valence-electron chi connectivity index (χ3n) is 19.4. The van der Waals surface area contributed by atoms with Crippen molar-refractivity contribution in [1.82, 2.24) is 29.8 Å². The Morgan fingerprint density at radius 2 is 0.634 bits per heavy atom. The van der Waals surface area contributed by atoms with Crippen LogP contribution in [-0.2, 0) is 80.4 Å². The molecular formula is C102H95Ir4N13OSi3. The van der Waals surface area contributed by atoms with Crippen LogP contribution in [0.1, 0.15) is 0 Å². The van der Waals surface area contributed by atoms with E-state index in [1.807, 2.05) is 303 Å². The number of para-hydroxylation sites is 8. The minimum atomic E-state index is -1.62. The Balaban J connectivity index is 0.000000174. The van der Waals surface area contributed by atoms with Gasteiger partial charge in [-0.05, 0) is 125 Å². The number of aromatic nitrogens is 5. The molecule has 0 fully saturated rings. The van der Waals surface area contributed by atoms with Gasteiger partial charge in [0, 0.05) is 81.5 Å². The van der Waals surface area contributed by atoms with Crippen molar-refractivity contribution in [1.29, 1.82) is 0 Å². The Labute approximate surface area is 785 Å². The fourth-order valence-corrected chi connectivity index (χ4v) is 19.1. The minimum absolute atomic E-state index is 0. The fraction of sp³-hybridized carbons (Fsp3) is 0.0882. The summed E-state index contributed by atoms with van der Waals surface area (Å²) < 4.78 is 5.41. The van der Waals surface area contributed by atoms with E-state index in [0.29, 0.717) is 11.6 Å². The van der Waals surface area contributed by atoms with Gasteiger partial charge < -0.3 is 43.9 Å². The fourth-order valence-electron chi connectivity index (χ4n) is 12.7. The molecule has 0 amide bonds. The number of hydrogen-bond donors (Lipinski definition) is 0. The molecule has 10 aromatic carbocycles. The van der Waals surface area contributed by atoms with Crippen LogP contribution in [0.4, 0.5) is 51.3 Å². The van der Waals surface area contributed by atoms with Gasteiger partial charge in [0.2, 0.25) is 5.88 Å². The van der Waals surface area contributed by atoms with Crippen LogP contribution >= 0.6 is 0 Å². The molecular weight excluding hydrogens is 2280 g/mol. The van der Waals surface area contributed by atoms with Crippen molar-refractivity contribution in [3.05, 3.63) is 465 Å². The Morgan fingerprint density at radius 1 is 0.276 bits per heavy atom. The summed E-state index contributed by atoms with van der Waals surface area (Å²) in [5.41, 5.74) is 8.88. The van der Waals surface area contributed by atoms with Gasteiger partial charge in [-0.2, -0.15) is 266 Å². The Bertz CT molecular complexity index is 4980. The van der Waals surface area contributed by atoms with Crippen molar-refractivity contribution in [3.63, 3.8) is 0 Å². The third kappa shape index (κ3) is 27.9. The first-order valence-corrected chi connectivity index (χ1v) is 48.2. The van der Waals surface area contributed by atoms with E-state index < -0.39 is 24.2 Å². The summed E-state index contributed by atoms with van der Waals surface area (Å²) in [5, 5.41) is 7.57. The summed E-state index contributed by atoms with van der Waals surface area (Å²) >= 11 is 0. The number of benzene rings is 10. The maximum Gasteiger partial charge on any atom is 3.00 e. The molecule has 19 rings (SSSR count). The standard InChI is InChI=1S/C15H12N2.C14H12N2.C13H11N3.3C13H14NSi.C11H8NO.C10H10N2.4Ir/c1-3-7-14(8-4-1)16-11-12-17(13-16)15-9-5-2-6-10-15;1-15-11-16(12-7-3-2-4-8-12)14-10-6-5-9-13(14)15;1-15-10-16(11-6-3-2-4-7-11)13-12(15)8-5-9-14-13;3*1-15(2,12-8-4-3-5-9-12)13-10-6-7-11-14-13;1-2-6-10(7-3-1)13-11-8-4-5-9-12-11;1-11-7-8-12(9-11)10-5-3-2-4-6-10;;;;/h1-9,11-13H;2-7,9-11H,1H3;2-6,8-10H,1H3;3*3-8,10-11H,1-2H3;1-6,8-9H;2-5,7-9H,1H3;;;;/q3*-2;4*-1;-2;4*+3. The molecule has 14 nitrogen and oxygen atoms in total. The Morgan fingerprint density at radius 3 is 1.05 bits per heavy atom. The summed E-state index contributed by atoms with van der Waals surface area (Å²) in [7, 11) is 1.21. The molecule has 0 atom stereocenters. The van der Waals surface area contributed by atoms with Crippen LogP contribution in [0.25, 0.3) is 0 Å². The molecule has 0 radical (unpaired) electrons. The van der Waals surface area contributed by atoms with Crippen molar-refractivity contribution >= 4 is 107 Å². The van der Waals surface area contributed by atoms with Crippen LogP contribution in [0.3, 0.4) is 0 Å². The van der Waals surface area contributed by atoms with Crippen molar-refractivity contribution in [2.45, 2.75) is 39.3 Å². The van der Waals surface area contributed by atoms with Crippen molar-refractivity contribution in [2.75, 3.05) is 55.4 Å². The third-order valence-corrected chi connectivity index (χ3v) is 29.1. The van der Waals surface area contributed by atoms with E-state index >= 15 is 0 Å². The second kappa shape index (κ2) is 49.8.